The minimum atomic E-state index is -0.726. The molecule has 0 spiro atoms. The predicted molar refractivity (Wildman–Crippen MR) is 61.4 cm³/mol. The summed E-state index contributed by atoms with van der Waals surface area (Å²) < 4.78 is 1.95. The summed E-state index contributed by atoms with van der Waals surface area (Å²) in [7, 11) is 1.94. The molecule has 2 heterocycles. The molecule has 17 heavy (non-hydrogen) atoms. The van der Waals surface area contributed by atoms with Gasteiger partial charge in [-0.15, -0.1) is 10.2 Å². The number of rotatable bonds is 4. The first-order chi connectivity index (χ1) is 8.08. The summed E-state index contributed by atoms with van der Waals surface area (Å²) in [6.07, 6.45) is 2.24. The van der Waals surface area contributed by atoms with Gasteiger partial charge in [0, 0.05) is 13.1 Å². The molecular weight excluding hydrogens is 220 g/mol. The van der Waals surface area contributed by atoms with Gasteiger partial charge in [0.25, 0.3) is 0 Å². The van der Waals surface area contributed by atoms with E-state index in [9.17, 15) is 4.79 Å². The summed E-state index contributed by atoms with van der Waals surface area (Å²) in [4.78, 5) is 13.0. The van der Waals surface area contributed by atoms with Crippen LogP contribution in [0.15, 0.2) is 0 Å². The van der Waals surface area contributed by atoms with Crippen LogP contribution in [0.1, 0.15) is 30.9 Å². The van der Waals surface area contributed by atoms with E-state index in [2.05, 4.69) is 15.1 Å². The monoisotopic (exact) mass is 238 g/mol. The van der Waals surface area contributed by atoms with Crippen LogP contribution in [0, 0.1) is 6.92 Å². The molecular formula is C11H18N4O2. The molecule has 6 heteroatoms. The lowest BCUT2D eigenvalue weighted by molar-refractivity contribution is -0.138. The van der Waals surface area contributed by atoms with Crippen molar-refractivity contribution >= 4 is 5.97 Å². The Morgan fingerprint density at radius 3 is 2.88 bits per heavy atom. The summed E-state index contributed by atoms with van der Waals surface area (Å²) in [6, 6.07) is 0.143. The minimum Gasteiger partial charge on any atom is -0.481 e. The molecule has 2 rings (SSSR count). The van der Waals surface area contributed by atoms with Gasteiger partial charge in [0.2, 0.25) is 0 Å². The normalized spacial score (nSPS) is 20.9. The number of nitrogens with zero attached hydrogens (tertiary/aromatic N) is 4. The molecule has 1 saturated heterocycles. The lowest BCUT2D eigenvalue weighted by Crippen LogP contribution is -2.31. The molecule has 6 nitrogen and oxygen atoms in total. The highest BCUT2D eigenvalue weighted by Crippen LogP contribution is 2.21. The molecule has 94 valence electrons. The molecule has 1 aromatic rings. The molecule has 1 unspecified atom stereocenters. The highest BCUT2D eigenvalue weighted by Gasteiger charge is 2.27. The SMILES string of the molecule is Cc1nnc(CN2CCCC2CC(=O)O)n1C. The van der Waals surface area contributed by atoms with Gasteiger partial charge >= 0.3 is 5.97 Å². The van der Waals surface area contributed by atoms with Crippen molar-refractivity contribution in [2.45, 2.75) is 38.8 Å². The first-order valence-corrected chi connectivity index (χ1v) is 5.88. The Bertz CT molecular complexity index is 416. The van der Waals surface area contributed by atoms with Crippen LogP contribution in [-0.4, -0.2) is 43.3 Å². The van der Waals surface area contributed by atoms with Crippen LogP contribution in [0.25, 0.3) is 0 Å². The molecule has 1 atom stereocenters. The Kier molecular flexibility index (Phi) is 3.42. The van der Waals surface area contributed by atoms with E-state index in [1.807, 2.05) is 18.5 Å². The highest BCUT2D eigenvalue weighted by atomic mass is 16.4. The molecule has 1 N–H and O–H groups in total. The Hall–Kier alpha value is -1.43. The van der Waals surface area contributed by atoms with Crippen LogP contribution in [0.4, 0.5) is 0 Å². The zero-order valence-corrected chi connectivity index (χ0v) is 10.3. The number of aliphatic carboxylic acids is 1. The Morgan fingerprint density at radius 1 is 1.53 bits per heavy atom. The third kappa shape index (κ3) is 2.63. The van der Waals surface area contributed by atoms with Crippen molar-refractivity contribution < 1.29 is 9.90 Å². The predicted octanol–water partition coefficient (Wildman–Crippen LogP) is 0.563. The Morgan fingerprint density at radius 2 is 2.29 bits per heavy atom. The lowest BCUT2D eigenvalue weighted by Gasteiger charge is -2.22. The van der Waals surface area contributed by atoms with Crippen LogP contribution in [0.3, 0.4) is 0 Å². The van der Waals surface area contributed by atoms with Crippen molar-refractivity contribution in [3.8, 4) is 0 Å². The van der Waals surface area contributed by atoms with Gasteiger partial charge in [0.05, 0.1) is 13.0 Å². The number of hydrogen-bond acceptors (Lipinski definition) is 4. The van der Waals surface area contributed by atoms with Crippen molar-refractivity contribution in [3.63, 3.8) is 0 Å². The minimum absolute atomic E-state index is 0.143. The lowest BCUT2D eigenvalue weighted by atomic mass is 10.1. The number of carbonyl (C=O) groups is 1. The third-order valence-electron chi connectivity index (χ3n) is 3.44. The van der Waals surface area contributed by atoms with Gasteiger partial charge in [-0.05, 0) is 26.3 Å². The maximum Gasteiger partial charge on any atom is 0.304 e. The summed E-state index contributed by atoms with van der Waals surface area (Å²) in [5.74, 6) is 1.06. The molecule has 1 aliphatic rings. The maximum atomic E-state index is 10.8. The standard InChI is InChI=1S/C11H18N4O2/c1-8-12-13-10(14(8)2)7-15-5-3-4-9(15)6-11(16)17/h9H,3-7H2,1-2H3,(H,16,17). The van der Waals surface area contributed by atoms with E-state index in [4.69, 9.17) is 5.11 Å². The Labute approximate surface area is 100 Å². The summed E-state index contributed by atoms with van der Waals surface area (Å²) >= 11 is 0. The topological polar surface area (TPSA) is 71.2 Å². The van der Waals surface area contributed by atoms with E-state index in [1.54, 1.807) is 0 Å². The molecule has 0 aromatic carbocycles. The molecule has 0 amide bonds. The largest absolute Gasteiger partial charge is 0.481 e. The fraction of sp³-hybridized carbons (Fsp3) is 0.727. The zero-order valence-electron chi connectivity index (χ0n) is 10.3. The molecule has 0 bridgehead atoms. The molecule has 1 fully saturated rings. The van der Waals surface area contributed by atoms with E-state index >= 15 is 0 Å². The van der Waals surface area contributed by atoms with Gasteiger partial charge in [0.15, 0.2) is 0 Å². The summed E-state index contributed by atoms with van der Waals surface area (Å²) in [5, 5.41) is 17.0. The first-order valence-electron chi connectivity index (χ1n) is 5.88. The van der Waals surface area contributed by atoms with Crippen molar-refractivity contribution in [2.75, 3.05) is 6.54 Å². The fourth-order valence-electron chi connectivity index (χ4n) is 2.31. The quantitative estimate of drug-likeness (QED) is 0.830. The molecule has 0 aliphatic carbocycles. The van der Waals surface area contributed by atoms with Crippen LogP contribution in [-0.2, 0) is 18.4 Å². The highest BCUT2D eigenvalue weighted by molar-refractivity contribution is 5.67. The second kappa shape index (κ2) is 4.83. The molecule has 1 aromatic heterocycles. The zero-order chi connectivity index (χ0) is 12.4. The van der Waals surface area contributed by atoms with Crippen molar-refractivity contribution in [3.05, 3.63) is 11.6 Å². The van der Waals surface area contributed by atoms with Crippen LogP contribution in [0.5, 0.6) is 0 Å². The number of carboxylic acids is 1. The first kappa shape index (κ1) is 12.0. The third-order valence-corrected chi connectivity index (χ3v) is 3.44. The van der Waals surface area contributed by atoms with Gasteiger partial charge in [0.1, 0.15) is 11.6 Å². The smallest absolute Gasteiger partial charge is 0.304 e. The van der Waals surface area contributed by atoms with Gasteiger partial charge in [-0.1, -0.05) is 0 Å². The van der Waals surface area contributed by atoms with Gasteiger partial charge in [-0.3, -0.25) is 9.69 Å². The van der Waals surface area contributed by atoms with Gasteiger partial charge in [-0.2, -0.15) is 0 Å². The van der Waals surface area contributed by atoms with Gasteiger partial charge < -0.3 is 9.67 Å². The summed E-state index contributed by atoms with van der Waals surface area (Å²) in [6.45, 7) is 3.55. The van der Waals surface area contributed by atoms with Crippen molar-refractivity contribution in [2.24, 2.45) is 7.05 Å². The number of carboxylic acid groups (broad SMARTS) is 1. The second-order valence-electron chi connectivity index (χ2n) is 4.59. The molecule has 0 radical (unpaired) electrons. The molecule has 0 saturated carbocycles. The maximum absolute atomic E-state index is 10.8. The number of aryl methyl sites for hydroxylation is 1. The van der Waals surface area contributed by atoms with E-state index in [0.717, 1.165) is 31.0 Å². The van der Waals surface area contributed by atoms with Crippen molar-refractivity contribution in [1.29, 1.82) is 0 Å². The van der Waals surface area contributed by atoms with Crippen molar-refractivity contribution in [1.82, 2.24) is 19.7 Å². The average Bonchev–Trinajstić information content (AvgIpc) is 2.80. The van der Waals surface area contributed by atoms with Gasteiger partial charge in [-0.25, -0.2) is 0 Å². The fourth-order valence-corrected chi connectivity index (χ4v) is 2.31. The number of aromatic nitrogens is 3. The molecule has 1 aliphatic heterocycles. The van der Waals surface area contributed by atoms with E-state index in [0.29, 0.717) is 6.54 Å². The van der Waals surface area contributed by atoms with E-state index in [-0.39, 0.29) is 12.5 Å². The van der Waals surface area contributed by atoms with Crippen LogP contribution in [0.2, 0.25) is 0 Å². The van der Waals surface area contributed by atoms with E-state index in [1.165, 1.54) is 0 Å². The van der Waals surface area contributed by atoms with Crippen LogP contribution >= 0.6 is 0 Å². The number of hydrogen-bond donors (Lipinski definition) is 1. The second-order valence-corrected chi connectivity index (χ2v) is 4.59. The number of likely N-dealkylation sites (tertiary alicyclic amines) is 1. The average molecular weight is 238 g/mol. The summed E-state index contributed by atoms with van der Waals surface area (Å²) in [5.41, 5.74) is 0. The van der Waals surface area contributed by atoms with Crippen LogP contribution < -0.4 is 0 Å². The van der Waals surface area contributed by atoms with E-state index < -0.39 is 5.97 Å². The Balaban J connectivity index is 2.02.